The van der Waals surface area contributed by atoms with Crippen molar-refractivity contribution in [3.8, 4) is 6.01 Å². The number of nitrogens with one attached hydrogen (secondary N) is 1. The number of aromatic nitrogens is 4. The summed E-state index contributed by atoms with van der Waals surface area (Å²) < 4.78 is 5.64. The molecule has 0 fully saturated rings. The van der Waals surface area contributed by atoms with E-state index in [0.29, 0.717) is 5.13 Å². The van der Waals surface area contributed by atoms with Crippen molar-refractivity contribution in [2.45, 2.75) is 11.3 Å². The Balaban J connectivity index is 2.14. The molecular weight excluding hydrogens is 322 g/mol. The Hall–Kier alpha value is -1.45. The zero-order valence-electron chi connectivity index (χ0n) is 10.6. The number of carbonyl (C=O) groups excluding carboxylic acids is 1. The Kier molecular flexibility index (Phi) is 5.10. The summed E-state index contributed by atoms with van der Waals surface area (Å²) in [6, 6.07) is 0.0686. The molecule has 0 radical (unpaired) electrons. The second-order valence-corrected chi connectivity index (χ2v) is 6.21. The Morgan fingerprint density at radius 2 is 2.35 bits per heavy atom. The fourth-order valence-electron chi connectivity index (χ4n) is 1.21. The number of nitrogens with zero attached hydrogens (tertiary/aromatic N) is 4. The average Bonchev–Trinajstić information content (AvgIpc) is 2.87. The third kappa shape index (κ3) is 3.56. The van der Waals surface area contributed by atoms with Crippen molar-refractivity contribution < 1.29 is 9.53 Å². The van der Waals surface area contributed by atoms with E-state index < -0.39 is 5.91 Å². The topological polar surface area (TPSA) is 89.9 Å². The summed E-state index contributed by atoms with van der Waals surface area (Å²) in [4.78, 5) is 19.8. The Labute approximate surface area is 128 Å². The maximum atomic E-state index is 12.1. The molecule has 10 heteroatoms. The number of amides is 1. The first kappa shape index (κ1) is 14.9. The molecule has 0 bridgehead atoms. The minimum Gasteiger partial charge on any atom is -0.467 e. The zero-order chi connectivity index (χ0) is 14.5. The summed E-state index contributed by atoms with van der Waals surface area (Å²) in [6.45, 7) is 2.01. The van der Waals surface area contributed by atoms with Crippen LogP contribution >= 0.6 is 34.7 Å². The van der Waals surface area contributed by atoms with Crippen LogP contribution in [0, 0.1) is 0 Å². The van der Waals surface area contributed by atoms with E-state index in [-0.39, 0.29) is 16.7 Å². The standard InChI is InChI=1S/C10H10ClN5O2S2/c1-3-19-10-16-15-9(20-10)14-7(17)6-5(11)4-12-8(13-6)18-2/h4H,3H2,1-2H3,(H,14,15,17). The van der Waals surface area contributed by atoms with Gasteiger partial charge in [0.25, 0.3) is 5.91 Å². The van der Waals surface area contributed by atoms with Gasteiger partial charge in [0.15, 0.2) is 10.0 Å². The molecule has 0 aliphatic rings. The van der Waals surface area contributed by atoms with Crippen LogP contribution in [0.1, 0.15) is 17.4 Å². The van der Waals surface area contributed by atoms with E-state index in [1.54, 1.807) is 11.8 Å². The van der Waals surface area contributed by atoms with E-state index in [1.807, 2.05) is 6.92 Å². The zero-order valence-corrected chi connectivity index (χ0v) is 13.0. The number of hydrogen-bond donors (Lipinski definition) is 1. The van der Waals surface area contributed by atoms with Crippen molar-refractivity contribution in [3.63, 3.8) is 0 Å². The molecule has 0 aromatic carbocycles. The van der Waals surface area contributed by atoms with Crippen molar-refractivity contribution in [2.24, 2.45) is 0 Å². The van der Waals surface area contributed by atoms with Gasteiger partial charge in [0, 0.05) is 0 Å². The molecule has 2 rings (SSSR count). The number of halogens is 1. The van der Waals surface area contributed by atoms with Gasteiger partial charge < -0.3 is 4.74 Å². The maximum Gasteiger partial charge on any atom is 0.316 e. The molecule has 0 atom stereocenters. The third-order valence-corrected chi connectivity index (χ3v) is 4.15. The Morgan fingerprint density at radius 3 is 3.05 bits per heavy atom. The van der Waals surface area contributed by atoms with Crippen LogP contribution in [-0.4, -0.2) is 38.9 Å². The molecule has 0 spiro atoms. The van der Waals surface area contributed by atoms with Gasteiger partial charge >= 0.3 is 6.01 Å². The second-order valence-electron chi connectivity index (χ2n) is 3.31. The minimum absolute atomic E-state index is 0.0263. The highest BCUT2D eigenvalue weighted by atomic mass is 35.5. The molecule has 1 N–H and O–H groups in total. The van der Waals surface area contributed by atoms with Crippen molar-refractivity contribution >= 4 is 45.7 Å². The van der Waals surface area contributed by atoms with Crippen LogP contribution < -0.4 is 10.1 Å². The number of rotatable bonds is 5. The van der Waals surface area contributed by atoms with Crippen LogP contribution in [0.5, 0.6) is 6.01 Å². The number of ether oxygens (including phenoxy) is 1. The van der Waals surface area contributed by atoms with Crippen LogP contribution in [0.4, 0.5) is 5.13 Å². The maximum absolute atomic E-state index is 12.1. The van der Waals surface area contributed by atoms with Gasteiger partial charge in [-0.2, -0.15) is 4.98 Å². The van der Waals surface area contributed by atoms with E-state index >= 15 is 0 Å². The molecule has 2 heterocycles. The highest BCUT2D eigenvalue weighted by Crippen LogP contribution is 2.25. The summed E-state index contributed by atoms with van der Waals surface area (Å²) in [5.74, 6) is 0.400. The van der Waals surface area contributed by atoms with Gasteiger partial charge in [-0.05, 0) is 5.75 Å². The van der Waals surface area contributed by atoms with Gasteiger partial charge in [-0.15, -0.1) is 10.2 Å². The molecule has 0 saturated carbocycles. The lowest BCUT2D eigenvalue weighted by Crippen LogP contribution is -2.15. The van der Waals surface area contributed by atoms with Gasteiger partial charge in [0.05, 0.1) is 18.3 Å². The molecule has 2 aromatic rings. The van der Waals surface area contributed by atoms with E-state index in [9.17, 15) is 4.79 Å². The highest BCUT2D eigenvalue weighted by molar-refractivity contribution is 8.01. The Morgan fingerprint density at radius 1 is 1.55 bits per heavy atom. The number of carbonyl (C=O) groups is 1. The quantitative estimate of drug-likeness (QED) is 0.664. The van der Waals surface area contributed by atoms with Gasteiger partial charge in [-0.25, -0.2) is 4.98 Å². The van der Waals surface area contributed by atoms with Gasteiger partial charge in [-0.1, -0.05) is 41.6 Å². The fourth-order valence-corrected chi connectivity index (χ4v) is 3.03. The lowest BCUT2D eigenvalue weighted by atomic mass is 10.4. The number of hydrogen-bond acceptors (Lipinski definition) is 8. The molecule has 0 saturated heterocycles. The summed E-state index contributed by atoms with van der Waals surface area (Å²) in [5, 5.41) is 10.9. The van der Waals surface area contributed by atoms with Crippen LogP contribution in [-0.2, 0) is 0 Å². The first-order valence-corrected chi connectivity index (χ1v) is 7.66. The molecule has 7 nitrogen and oxygen atoms in total. The highest BCUT2D eigenvalue weighted by Gasteiger charge is 2.16. The van der Waals surface area contributed by atoms with Gasteiger partial charge in [0.1, 0.15) is 0 Å². The van der Waals surface area contributed by atoms with Crippen LogP contribution in [0.15, 0.2) is 10.5 Å². The number of anilines is 1. The smallest absolute Gasteiger partial charge is 0.316 e. The first-order chi connectivity index (χ1) is 9.63. The summed E-state index contributed by atoms with van der Waals surface area (Å²) in [7, 11) is 1.41. The molecule has 0 unspecified atom stereocenters. The predicted molar refractivity (Wildman–Crippen MR) is 77.9 cm³/mol. The molecule has 20 heavy (non-hydrogen) atoms. The molecule has 1 amide bonds. The molecule has 106 valence electrons. The van der Waals surface area contributed by atoms with E-state index in [1.165, 1.54) is 24.6 Å². The van der Waals surface area contributed by atoms with E-state index in [2.05, 4.69) is 25.5 Å². The molecule has 2 aromatic heterocycles. The number of thioether (sulfide) groups is 1. The van der Waals surface area contributed by atoms with Crippen molar-refractivity contribution in [2.75, 3.05) is 18.2 Å². The average molecular weight is 332 g/mol. The van der Waals surface area contributed by atoms with Crippen LogP contribution in [0.2, 0.25) is 5.02 Å². The first-order valence-electron chi connectivity index (χ1n) is 5.48. The van der Waals surface area contributed by atoms with Crippen LogP contribution in [0.25, 0.3) is 0 Å². The van der Waals surface area contributed by atoms with E-state index in [4.69, 9.17) is 16.3 Å². The third-order valence-electron chi connectivity index (χ3n) is 2.01. The second kappa shape index (κ2) is 6.82. The SMILES string of the molecule is CCSc1nnc(NC(=O)c2nc(OC)ncc2Cl)s1. The largest absolute Gasteiger partial charge is 0.467 e. The minimum atomic E-state index is -0.486. The fraction of sp³-hybridized carbons (Fsp3) is 0.300. The molecular formula is C10H10ClN5O2S2. The lowest BCUT2D eigenvalue weighted by Gasteiger charge is -2.04. The summed E-state index contributed by atoms with van der Waals surface area (Å²) >= 11 is 8.73. The Bertz CT molecular complexity index is 621. The summed E-state index contributed by atoms with van der Waals surface area (Å²) in [5.41, 5.74) is 0.0263. The van der Waals surface area contributed by atoms with Crippen molar-refractivity contribution in [1.29, 1.82) is 0 Å². The van der Waals surface area contributed by atoms with Gasteiger partial charge in [-0.3, -0.25) is 10.1 Å². The van der Waals surface area contributed by atoms with Crippen molar-refractivity contribution in [3.05, 3.63) is 16.9 Å². The van der Waals surface area contributed by atoms with Gasteiger partial charge in [0.2, 0.25) is 5.13 Å². The predicted octanol–water partition coefficient (Wildman–Crippen LogP) is 2.35. The van der Waals surface area contributed by atoms with E-state index in [0.717, 1.165) is 10.1 Å². The monoisotopic (exact) mass is 331 g/mol. The van der Waals surface area contributed by atoms with Crippen molar-refractivity contribution in [1.82, 2.24) is 20.2 Å². The van der Waals surface area contributed by atoms with Crippen LogP contribution in [0.3, 0.4) is 0 Å². The molecule has 0 aliphatic carbocycles. The normalized spacial score (nSPS) is 10.3. The number of methoxy groups -OCH3 is 1. The lowest BCUT2D eigenvalue weighted by molar-refractivity contribution is 0.102. The molecule has 0 aliphatic heterocycles. The summed E-state index contributed by atoms with van der Waals surface area (Å²) in [6.07, 6.45) is 1.31.